The van der Waals surface area contributed by atoms with E-state index in [1.165, 1.54) is 12.1 Å². The van der Waals surface area contributed by atoms with Gasteiger partial charge in [0.2, 0.25) is 0 Å². The van der Waals surface area contributed by atoms with Gasteiger partial charge < -0.3 is 9.84 Å². The summed E-state index contributed by atoms with van der Waals surface area (Å²) < 4.78 is 28.2. The Morgan fingerprint density at radius 1 is 1.36 bits per heavy atom. The van der Waals surface area contributed by atoms with Crippen LogP contribution in [0.4, 0.5) is 0 Å². The predicted octanol–water partition coefficient (Wildman–Crippen LogP) is 1.41. The van der Waals surface area contributed by atoms with Gasteiger partial charge in [-0.3, -0.25) is 9.69 Å². The molecular formula is C15H21NO5S. The van der Waals surface area contributed by atoms with Crippen LogP contribution in [0, 0.1) is 0 Å². The molecule has 0 radical (unpaired) electrons. The molecule has 1 aliphatic rings. The predicted molar refractivity (Wildman–Crippen MR) is 81.9 cm³/mol. The van der Waals surface area contributed by atoms with Crippen molar-refractivity contribution >= 4 is 15.8 Å². The van der Waals surface area contributed by atoms with Crippen LogP contribution in [0.15, 0.2) is 29.2 Å². The second-order valence-electron chi connectivity index (χ2n) is 5.48. The summed E-state index contributed by atoms with van der Waals surface area (Å²) in [5.41, 5.74) is 0. The molecule has 1 atom stereocenters. The molecule has 1 aliphatic heterocycles. The lowest BCUT2D eigenvalue weighted by Crippen LogP contribution is -2.36. The Labute approximate surface area is 130 Å². The van der Waals surface area contributed by atoms with Crippen LogP contribution >= 0.6 is 0 Å². The molecule has 6 nitrogen and oxygen atoms in total. The lowest BCUT2D eigenvalue weighted by atomic mass is 10.2. The van der Waals surface area contributed by atoms with Gasteiger partial charge in [-0.1, -0.05) is 0 Å². The maximum atomic E-state index is 11.3. The first kappa shape index (κ1) is 16.8. The first-order valence-electron chi connectivity index (χ1n) is 7.28. The van der Waals surface area contributed by atoms with E-state index in [9.17, 15) is 13.2 Å². The smallest absolute Gasteiger partial charge is 0.320 e. The van der Waals surface area contributed by atoms with E-state index in [2.05, 4.69) is 0 Å². The largest absolute Gasteiger partial charge is 0.494 e. The highest BCUT2D eigenvalue weighted by Crippen LogP contribution is 2.18. The SMILES string of the molecule is CS(=O)(=O)c1ccc(OCCCN2CCCC2C(=O)O)cc1. The standard InChI is InChI=1S/C15H21NO5S/c1-22(19,20)13-7-5-12(6-8-13)21-11-3-10-16-9-2-4-14(16)15(17)18/h5-8,14H,2-4,9-11H2,1H3,(H,17,18). The maximum absolute atomic E-state index is 11.3. The second kappa shape index (κ2) is 7.11. The van der Waals surface area contributed by atoms with E-state index in [0.717, 1.165) is 25.6 Å². The van der Waals surface area contributed by atoms with E-state index in [-0.39, 0.29) is 10.9 Å². The van der Waals surface area contributed by atoms with Gasteiger partial charge in [-0.15, -0.1) is 0 Å². The molecule has 0 saturated carbocycles. The number of aliphatic carboxylic acids is 1. The second-order valence-corrected chi connectivity index (χ2v) is 7.49. The van der Waals surface area contributed by atoms with Crippen LogP contribution in [0.2, 0.25) is 0 Å². The third-order valence-corrected chi connectivity index (χ3v) is 4.89. The van der Waals surface area contributed by atoms with Gasteiger partial charge in [-0.25, -0.2) is 8.42 Å². The Kier molecular flexibility index (Phi) is 5.42. The minimum Gasteiger partial charge on any atom is -0.494 e. The van der Waals surface area contributed by atoms with Gasteiger partial charge in [-0.05, 0) is 50.1 Å². The summed E-state index contributed by atoms with van der Waals surface area (Å²) >= 11 is 0. The van der Waals surface area contributed by atoms with Gasteiger partial charge in [0.15, 0.2) is 9.84 Å². The molecule has 1 saturated heterocycles. The zero-order valence-corrected chi connectivity index (χ0v) is 13.4. The van der Waals surface area contributed by atoms with Crippen molar-refractivity contribution in [1.82, 2.24) is 4.90 Å². The fraction of sp³-hybridized carbons (Fsp3) is 0.533. The lowest BCUT2D eigenvalue weighted by Gasteiger charge is -2.20. The van der Waals surface area contributed by atoms with Crippen molar-refractivity contribution in [3.05, 3.63) is 24.3 Å². The molecule has 0 aromatic heterocycles. The number of hydrogen-bond acceptors (Lipinski definition) is 5. The van der Waals surface area contributed by atoms with Crippen molar-refractivity contribution < 1.29 is 23.1 Å². The first-order chi connectivity index (χ1) is 10.4. The van der Waals surface area contributed by atoms with Gasteiger partial charge in [0.05, 0.1) is 11.5 Å². The average molecular weight is 327 g/mol. The fourth-order valence-corrected chi connectivity index (χ4v) is 3.24. The highest BCUT2D eigenvalue weighted by molar-refractivity contribution is 7.90. The zero-order chi connectivity index (χ0) is 16.2. The highest BCUT2D eigenvalue weighted by atomic mass is 32.2. The highest BCUT2D eigenvalue weighted by Gasteiger charge is 2.29. The number of rotatable bonds is 7. The molecule has 1 heterocycles. The molecular weight excluding hydrogens is 306 g/mol. The van der Waals surface area contributed by atoms with Crippen molar-refractivity contribution in [1.29, 1.82) is 0 Å². The quantitative estimate of drug-likeness (QED) is 0.762. The van der Waals surface area contributed by atoms with Crippen LogP contribution in [0.25, 0.3) is 0 Å². The Hall–Kier alpha value is -1.60. The van der Waals surface area contributed by atoms with E-state index in [1.807, 2.05) is 4.90 Å². The van der Waals surface area contributed by atoms with E-state index < -0.39 is 15.8 Å². The molecule has 1 unspecified atom stereocenters. The summed E-state index contributed by atoms with van der Waals surface area (Å²) in [7, 11) is -3.19. The number of carboxylic acids is 1. The van der Waals surface area contributed by atoms with E-state index in [1.54, 1.807) is 12.1 Å². The molecule has 0 amide bonds. The van der Waals surface area contributed by atoms with E-state index in [4.69, 9.17) is 9.84 Å². The maximum Gasteiger partial charge on any atom is 0.320 e. The Bertz CT molecular complexity index is 611. The van der Waals surface area contributed by atoms with Gasteiger partial charge in [0.1, 0.15) is 11.8 Å². The summed E-state index contributed by atoms with van der Waals surface area (Å²) in [6.07, 6.45) is 3.53. The molecule has 0 aliphatic carbocycles. The number of nitrogens with zero attached hydrogens (tertiary/aromatic N) is 1. The minimum atomic E-state index is -3.19. The first-order valence-corrected chi connectivity index (χ1v) is 9.17. The van der Waals surface area contributed by atoms with E-state index in [0.29, 0.717) is 25.3 Å². The number of likely N-dealkylation sites (tertiary alicyclic amines) is 1. The minimum absolute atomic E-state index is 0.265. The van der Waals surface area contributed by atoms with Crippen molar-refractivity contribution in [3.63, 3.8) is 0 Å². The summed E-state index contributed by atoms with van der Waals surface area (Å²) in [6.45, 7) is 1.99. The Morgan fingerprint density at radius 3 is 2.64 bits per heavy atom. The molecule has 7 heteroatoms. The Morgan fingerprint density at radius 2 is 2.05 bits per heavy atom. The number of ether oxygens (including phenoxy) is 1. The molecule has 1 fully saturated rings. The third kappa shape index (κ3) is 4.45. The molecule has 1 aromatic carbocycles. The van der Waals surface area contributed by atoms with Crippen LogP contribution < -0.4 is 4.74 Å². The summed E-state index contributed by atoms with van der Waals surface area (Å²) in [4.78, 5) is 13.3. The molecule has 1 N–H and O–H groups in total. The van der Waals surface area contributed by atoms with Crippen LogP contribution in [0.5, 0.6) is 5.75 Å². The topological polar surface area (TPSA) is 83.9 Å². The lowest BCUT2D eigenvalue weighted by molar-refractivity contribution is -0.142. The van der Waals surface area contributed by atoms with Gasteiger partial charge in [-0.2, -0.15) is 0 Å². The molecule has 0 spiro atoms. The van der Waals surface area contributed by atoms with E-state index >= 15 is 0 Å². The monoisotopic (exact) mass is 327 g/mol. The molecule has 1 aromatic rings. The zero-order valence-electron chi connectivity index (χ0n) is 12.6. The number of hydrogen-bond donors (Lipinski definition) is 1. The molecule has 22 heavy (non-hydrogen) atoms. The normalized spacial score (nSPS) is 19.2. The van der Waals surface area contributed by atoms with Crippen LogP contribution in [0.3, 0.4) is 0 Å². The van der Waals surface area contributed by atoms with Crippen LogP contribution in [-0.2, 0) is 14.6 Å². The van der Waals surface area contributed by atoms with Crippen LogP contribution in [-0.4, -0.2) is 56.4 Å². The van der Waals surface area contributed by atoms with Crippen molar-refractivity contribution in [2.75, 3.05) is 26.0 Å². The third-order valence-electron chi connectivity index (χ3n) is 3.76. The number of carboxylic acid groups (broad SMARTS) is 1. The summed E-state index contributed by atoms with van der Waals surface area (Å²) in [6, 6.07) is 5.93. The summed E-state index contributed by atoms with van der Waals surface area (Å²) in [5, 5.41) is 9.09. The number of carbonyl (C=O) groups is 1. The number of sulfone groups is 1. The van der Waals surface area contributed by atoms with Crippen molar-refractivity contribution in [3.8, 4) is 5.75 Å². The molecule has 0 bridgehead atoms. The van der Waals surface area contributed by atoms with Gasteiger partial charge in [0.25, 0.3) is 0 Å². The molecule has 122 valence electrons. The summed E-state index contributed by atoms with van der Waals surface area (Å²) in [5.74, 6) is -0.140. The van der Waals surface area contributed by atoms with Crippen LogP contribution in [0.1, 0.15) is 19.3 Å². The fourth-order valence-electron chi connectivity index (χ4n) is 2.61. The average Bonchev–Trinajstić information content (AvgIpc) is 2.92. The van der Waals surface area contributed by atoms with Gasteiger partial charge in [0, 0.05) is 12.8 Å². The Balaban J connectivity index is 1.76. The van der Waals surface area contributed by atoms with Crippen molar-refractivity contribution in [2.24, 2.45) is 0 Å². The van der Waals surface area contributed by atoms with Crippen molar-refractivity contribution in [2.45, 2.75) is 30.2 Å². The number of benzene rings is 1. The van der Waals surface area contributed by atoms with Gasteiger partial charge >= 0.3 is 5.97 Å². The molecule has 2 rings (SSSR count).